The maximum Gasteiger partial charge on any atom is 0.191 e. The highest BCUT2D eigenvalue weighted by Gasteiger charge is 2.14. The zero-order valence-electron chi connectivity index (χ0n) is 18.9. The summed E-state index contributed by atoms with van der Waals surface area (Å²) in [5, 5.41) is 6.80. The predicted molar refractivity (Wildman–Crippen MR) is 135 cm³/mol. The quantitative estimate of drug-likeness (QED) is 0.294. The van der Waals surface area contributed by atoms with Crippen LogP contribution in [0.5, 0.6) is 11.5 Å². The number of hydrogen-bond acceptors (Lipinski definition) is 4. The van der Waals surface area contributed by atoms with E-state index in [4.69, 9.17) is 14.5 Å². The van der Waals surface area contributed by atoms with Crippen LogP contribution in [0, 0.1) is 6.92 Å². The fourth-order valence-electron chi connectivity index (χ4n) is 3.07. The van der Waals surface area contributed by atoms with Crippen molar-refractivity contribution in [3.63, 3.8) is 0 Å². The Balaban J connectivity index is 0.00000450. The van der Waals surface area contributed by atoms with Crippen LogP contribution < -0.4 is 20.1 Å². The third-order valence-electron chi connectivity index (χ3n) is 4.76. The number of nitrogens with zero attached hydrogens (tertiary/aromatic N) is 2. The summed E-state index contributed by atoms with van der Waals surface area (Å²) in [7, 11) is 7.47. The lowest BCUT2D eigenvalue weighted by atomic mass is 10.0. The van der Waals surface area contributed by atoms with Gasteiger partial charge in [0, 0.05) is 13.1 Å². The molecule has 1 unspecified atom stereocenters. The van der Waals surface area contributed by atoms with Crippen LogP contribution in [0.3, 0.4) is 0 Å². The maximum atomic E-state index is 5.38. The summed E-state index contributed by atoms with van der Waals surface area (Å²) in [6.45, 7) is 6.28. The Bertz CT molecular complexity index is 794. The first-order valence-electron chi connectivity index (χ1n) is 9.94. The van der Waals surface area contributed by atoms with E-state index in [0.717, 1.165) is 30.4 Å². The molecule has 0 saturated heterocycles. The van der Waals surface area contributed by atoms with Gasteiger partial charge in [0.25, 0.3) is 0 Å². The number of aliphatic imine (C=N–C) groups is 1. The summed E-state index contributed by atoms with van der Waals surface area (Å²) in [5.74, 6) is 2.23. The molecule has 0 fully saturated rings. The summed E-state index contributed by atoms with van der Waals surface area (Å²) in [6.07, 6.45) is 0. The first-order chi connectivity index (χ1) is 14.0. The standard InChI is InChI=1S/C23H34N4O2.HI/c1-7-24-23(25-15-18-10-13-21(28-5)22(14-18)29-6)26-16-20(27(3)4)19-11-8-17(2)9-12-19;/h8-14,20H,7,15-16H2,1-6H3,(H2,24,25,26);1H. The Morgan fingerprint density at radius 2 is 1.67 bits per heavy atom. The Labute approximate surface area is 198 Å². The predicted octanol–water partition coefficient (Wildman–Crippen LogP) is 3.99. The van der Waals surface area contributed by atoms with Crippen LogP contribution in [-0.4, -0.2) is 52.3 Å². The summed E-state index contributed by atoms with van der Waals surface area (Å²) in [4.78, 5) is 6.95. The number of guanidine groups is 1. The fraction of sp³-hybridized carbons (Fsp3) is 0.435. The lowest BCUT2D eigenvalue weighted by molar-refractivity contribution is 0.298. The average Bonchev–Trinajstić information content (AvgIpc) is 2.72. The van der Waals surface area contributed by atoms with E-state index in [1.165, 1.54) is 11.1 Å². The minimum absolute atomic E-state index is 0. The molecule has 0 saturated carbocycles. The molecule has 2 aromatic rings. The number of halogens is 1. The number of nitrogens with one attached hydrogen (secondary N) is 2. The number of likely N-dealkylation sites (N-methyl/N-ethyl adjacent to an activating group) is 1. The topological polar surface area (TPSA) is 58.1 Å². The second kappa shape index (κ2) is 13.3. The van der Waals surface area contributed by atoms with Gasteiger partial charge in [-0.25, -0.2) is 4.99 Å². The van der Waals surface area contributed by atoms with E-state index in [0.29, 0.717) is 12.3 Å². The van der Waals surface area contributed by atoms with Crippen LogP contribution in [0.15, 0.2) is 47.5 Å². The number of aryl methyl sites for hydroxylation is 1. The average molecular weight is 526 g/mol. The molecule has 0 aromatic heterocycles. The zero-order chi connectivity index (χ0) is 21.2. The smallest absolute Gasteiger partial charge is 0.191 e. The third-order valence-corrected chi connectivity index (χ3v) is 4.76. The molecule has 6 nitrogen and oxygen atoms in total. The number of ether oxygens (including phenoxy) is 2. The minimum Gasteiger partial charge on any atom is -0.493 e. The van der Waals surface area contributed by atoms with E-state index >= 15 is 0 Å². The van der Waals surface area contributed by atoms with Gasteiger partial charge in [-0.05, 0) is 51.2 Å². The van der Waals surface area contributed by atoms with Gasteiger partial charge < -0.3 is 25.0 Å². The van der Waals surface area contributed by atoms with Gasteiger partial charge >= 0.3 is 0 Å². The molecule has 1 atom stereocenters. The Hall–Kier alpha value is -2.00. The highest BCUT2D eigenvalue weighted by Crippen LogP contribution is 2.27. The molecule has 166 valence electrons. The molecule has 0 amide bonds. The SMILES string of the molecule is CCNC(=NCc1ccc(OC)c(OC)c1)NCC(c1ccc(C)cc1)N(C)C.I. The number of hydrogen-bond donors (Lipinski definition) is 2. The van der Waals surface area contributed by atoms with Crippen LogP contribution in [0.2, 0.25) is 0 Å². The summed E-state index contributed by atoms with van der Waals surface area (Å²) >= 11 is 0. The zero-order valence-corrected chi connectivity index (χ0v) is 21.2. The largest absolute Gasteiger partial charge is 0.493 e. The molecule has 0 radical (unpaired) electrons. The van der Waals surface area contributed by atoms with Crippen LogP contribution >= 0.6 is 24.0 Å². The molecule has 0 aliphatic heterocycles. The van der Waals surface area contributed by atoms with Crippen LogP contribution in [0.1, 0.15) is 29.7 Å². The fourth-order valence-corrected chi connectivity index (χ4v) is 3.07. The van der Waals surface area contributed by atoms with Crippen molar-refractivity contribution in [1.29, 1.82) is 0 Å². The van der Waals surface area contributed by atoms with Gasteiger partial charge in [0.2, 0.25) is 0 Å². The highest BCUT2D eigenvalue weighted by atomic mass is 127. The third kappa shape index (κ3) is 7.68. The van der Waals surface area contributed by atoms with Gasteiger partial charge in [0.05, 0.1) is 26.8 Å². The summed E-state index contributed by atoms with van der Waals surface area (Å²) in [5.41, 5.74) is 3.61. The molecule has 2 aromatic carbocycles. The van der Waals surface area contributed by atoms with E-state index in [1.807, 2.05) is 18.2 Å². The minimum atomic E-state index is 0. The normalized spacial score (nSPS) is 12.2. The van der Waals surface area contributed by atoms with E-state index in [1.54, 1.807) is 14.2 Å². The number of rotatable bonds is 9. The van der Waals surface area contributed by atoms with Crippen molar-refractivity contribution < 1.29 is 9.47 Å². The number of benzene rings is 2. The van der Waals surface area contributed by atoms with E-state index in [-0.39, 0.29) is 30.0 Å². The summed E-state index contributed by atoms with van der Waals surface area (Å²) < 4.78 is 10.7. The Kier molecular flexibility index (Phi) is 11.6. The molecule has 0 aliphatic carbocycles. The van der Waals surface area contributed by atoms with Crippen molar-refractivity contribution in [1.82, 2.24) is 15.5 Å². The molecule has 0 aliphatic rings. The molecule has 0 spiro atoms. The van der Waals surface area contributed by atoms with Crippen molar-refractivity contribution >= 4 is 29.9 Å². The van der Waals surface area contributed by atoms with E-state index in [9.17, 15) is 0 Å². The molecule has 7 heteroatoms. The molecular formula is C23H35IN4O2. The Morgan fingerprint density at radius 3 is 2.23 bits per heavy atom. The molecule has 30 heavy (non-hydrogen) atoms. The molecule has 2 rings (SSSR count). The van der Waals surface area contributed by atoms with Gasteiger partial charge in [0.1, 0.15) is 0 Å². The van der Waals surface area contributed by atoms with Crippen molar-refractivity contribution in [2.45, 2.75) is 26.4 Å². The second-order valence-corrected chi connectivity index (χ2v) is 7.16. The summed E-state index contributed by atoms with van der Waals surface area (Å²) in [6, 6.07) is 14.8. The van der Waals surface area contributed by atoms with Crippen molar-refractivity contribution in [2.75, 3.05) is 41.4 Å². The molecule has 0 heterocycles. The van der Waals surface area contributed by atoms with Crippen LogP contribution in [0.4, 0.5) is 0 Å². The van der Waals surface area contributed by atoms with Gasteiger partial charge in [-0.15, -0.1) is 24.0 Å². The van der Waals surface area contributed by atoms with Crippen molar-refractivity contribution in [3.8, 4) is 11.5 Å². The monoisotopic (exact) mass is 526 g/mol. The van der Waals surface area contributed by atoms with Gasteiger partial charge in [-0.3, -0.25) is 0 Å². The van der Waals surface area contributed by atoms with E-state index < -0.39 is 0 Å². The van der Waals surface area contributed by atoms with Gasteiger partial charge in [-0.1, -0.05) is 35.9 Å². The first kappa shape index (κ1) is 26.0. The Morgan fingerprint density at radius 1 is 1.00 bits per heavy atom. The van der Waals surface area contributed by atoms with Gasteiger partial charge in [0.15, 0.2) is 17.5 Å². The highest BCUT2D eigenvalue weighted by molar-refractivity contribution is 14.0. The van der Waals surface area contributed by atoms with Crippen molar-refractivity contribution in [3.05, 3.63) is 59.2 Å². The first-order valence-corrected chi connectivity index (χ1v) is 9.94. The van der Waals surface area contributed by atoms with Crippen molar-refractivity contribution in [2.24, 2.45) is 4.99 Å². The van der Waals surface area contributed by atoms with Gasteiger partial charge in [-0.2, -0.15) is 0 Å². The van der Waals surface area contributed by atoms with Crippen LogP contribution in [-0.2, 0) is 6.54 Å². The van der Waals surface area contributed by atoms with Crippen LogP contribution in [0.25, 0.3) is 0 Å². The molecular weight excluding hydrogens is 491 g/mol. The lowest BCUT2D eigenvalue weighted by Gasteiger charge is -2.26. The molecule has 2 N–H and O–H groups in total. The maximum absolute atomic E-state index is 5.38. The molecule has 0 bridgehead atoms. The number of methoxy groups -OCH3 is 2. The lowest BCUT2D eigenvalue weighted by Crippen LogP contribution is -2.41. The second-order valence-electron chi connectivity index (χ2n) is 7.16. The van der Waals surface area contributed by atoms with E-state index in [2.05, 4.69) is 67.7 Å².